The van der Waals surface area contributed by atoms with Crippen molar-refractivity contribution < 1.29 is 4.79 Å². The number of nitrogens with zero attached hydrogens (tertiary/aromatic N) is 6. The fraction of sp³-hybridized carbons (Fsp3) is 0.478. The number of amides is 1. The van der Waals surface area contributed by atoms with Crippen LogP contribution in [0.4, 0.5) is 0 Å². The molecule has 2 aromatic heterocycles. The van der Waals surface area contributed by atoms with Gasteiger partial charge in [-0.15, -0.1) is 0 Å². The van der Waals surface area contributed by atoms with Crippen molar-refractivity contribution >= 4 is 28.7 Å². The Balaban J connectivity index is 1.42. The SMILES string of the molecule is CCN1CCN(C(=O)CC2CSc3nc4c(cnn4-c4ccc(C)c(C)c4)c(=O)n32)CC1. The van der Waals surface area contributed by atoms with Crippen LogP contribution in [0.2, 0.25) is 0 Å². The predicted octanol–water partition coefficient (Wildman–Crippen LogP) is 2.40. The highest BCUT2D eigenvalue weighted by Gasteiger charge is 2.31. The van der Waals surface area contributed by atoms with Gasteiger partial charge in [-0.2, -0.15) is 5.10 Å². The first-order valence-corrected chi connectivity index (χ1v) is 12.2. The first kappa shape index (κ1) is 21.2. The quantitative estimate of drug-likeness (QED) is 0.566. The number of fused-ring (bicyclic) bond motifs is 2. The summed E-state index contributed by atoms with van der Waals surface area (Å²) in [5.41, 5.74) is 3.72. The molecule has 2 aliphatic rings. The van der Waals surface area contributed by atoms with E-state index < -0.39 is 0 Å². The molecule has 1 fully saturated rings. The standard InChI is InChI=1S/C23H28N6O2S/c1-4-26-7-9-27(10-8-26)20(30)12-18-14-32-23-25-21-19(22(31)28(18)23)13-24-29(21)17-6-5-15(2)16(3)11-17/h5-6,11,13,18H,4,7-10,12,14H2,1-3H3. The number of hydrogen-bond donors (Lipinski definition) is 0. The van der Waals surface area contributed by atoms with E-state index in [0.717, 1.165) is 44.0 Å². The number of aryl methyl sites for hydroxylation is 2. The van der Waals surface area contributed by atoms with Gasteiger partial charge in [0.05, 0.1) is 17.9 Å². The molecule has 0 aliphatic carbocycles. The summed E-state index contributed by atoms with van der Waals surface area (Å²) in [6, 6.07) is 5.94. The van der Waals surface area contributed by atoms with Gasteiger partial charge >= 0.3 is 0 Å². The topological polar surface area (TPSA) is 76.3 Å². The fourth-order valence-corrected chi connectivity index (χ4v) is 5.60. The molecule has 1 saturated heterocycles. The molecular formula is C23H28N6O2S. The molecule has 8 nitrogen and oxygen atoms in total. The van der Waals surface area contributed by atoms with Gasteiger partial charge in [0, 0.05) is 38.4 Å². The van der Waals surface area contributed by atoms with E-state index in [1.807, 2.05) is 11.0 Å². The van der Waals surface area contributed by atoms with Crippen LogP contribution in [-0.2, 0) is 4.79 Å². The first-order chi connectivity index (χ1) is 15.5. The zero-order valence-electron chi connectivity index (χ0n) is 18.7. The number of thioether (sulfide) groups is 1. The third-order valence-electron chi connectivity index (χ3n) is 6.69. The maximum absolute atomic E-state index is 13.4. The highest BCUT2D eigenvalue weighted by Crippen LogP contribution is 2.34. The normalized spacial score (nSPS) is 19.0. The molecule has 1 atom stereocenters. The van der Waals surface area contributed by atoms with Crippen LogP contribution in [-0.4, -0.2) is 73.5 Å². The van der Waals surface area contributed by atoms with Crippen molar-refractivity contribution in [3.8, 4) is 5.69 Å². The predicted molar refractivity (Wildman–Crippen MR) is 126 cm³/mol. The first-order valence-electron chi connectivity index (χ1n) is 11.2. The Bertz CT molecular complexity index is 1240. The van der Waals surface area contributed by atoms with E-state index in [2.05, 4.69) is 42.9 Å². The van der Waals surface area contributed by atoms with Gasteiger partial charge in [0.2, 0.25) is 5.91 Å². The van der Waals surface area contributed by atoms with Crippen molar-refractivity contribution in [3.63, 3.8) is 0 Å². The van der Waals surface area contributed by atoms with Crippen molar-refractivity contribution in [1.29, 1.82) is 0 Å². The molecule has 0 radical (unpaired) electrons. The van der Waals surface area contributed by atoms with Crippen molar-refractivity contribution in [2.75, 3.05) is 38.5 Å². The van der Waals surface area contributed by atoms with Crippen LogP contribution < -0.4 is 5.56 Å². The van der Waals surface area contributed by atoms with Gasteiger partial charge in [0.1, 0.15) is 5.39 Å². The number of likely N-dealkylation sites (N-methyl/N-ethyl adjacent to an activating group) is 1. The summed E-state index contributed by atoms with van der Waals surface area (Å²) in [6.45, 7) is 10.6. The summed E-state index contributed by atoms with van der Waals surface area (Å²) in [7, 11) is 0. The lowest BCUT2D eigenvalue weighted by molar-refractivity contribution is -0.133. The van der Waals surface area contributed by atoms with Crippen LogP contribution >= 0.6 is 11.8 Å². The van der Waals surface area contributed by atoms with Crippen molar-refractivity contribution in [3.05, 3.63) is 45.9 Å². The van der Waals surface area contributed by atoms with Crippen LogP contribution in [0.1, 0.15) is 30.5 Å². The van der Waals surface area contributed by atoms with E-state index in [-0.39, 0.29) is 17.5 Å². The molecule has 3 aromatic rings. The highest BCUT2D eigenvalue weighted by molar-refractivity contribution is 7.99. The van der Waals surface area contributed by atoms with E-state index in [1.165, 1.54) is 5.56 Å². The minimum Gasteiger partial charge on any atom is -0.340 e. The Morgan fingerprint density at radius 1 is 1.16 bits per heavy atom. The molecule has 1 aromatic carbocycles. The molecule has 1 unspecified atom stereocenters. The number of carbonyl (C=O) groups excluding carboxylic acids is 1. The number of piperazine rings is 1. The summed E-state index contributed by atoms with van der Waals surface area (Å²) >= 11 is 1.54. The zero-order valence-corrected chi connectivity index (χ0v) is 19.6. The van der Waals surface area contributed by atoms with Crippen molar-refractivity contribution in [2.45, 2.75) is 38.4 Å². The lowest BCUT2D eigenvalue weighted by Gasteiger charge is -2.34. The van der Waals surface area contributed by atoms with Gasteiger partial charge < -0.3 is 9.80 Å². The average molecular weight is 453 g/mol. The van der Waals surface area contributed by atoms with Crippen LogP contribution in [0, 0.1) is 13.8 Å². The van der Waals surface area contributed by atoms with Crippen molar-refractivity contribution in [2.24, 2.45) is 0 Å². The number of aromatic nitrogens is 4. The Hall–Kier alpha value is -2.65. The van der Waals surface area contributed by atoms with Gasteiger partial charge in [-0.3, -0.25) is 14.2 Å². The summed E-state index contributed by atoms with van der Waals surface area (Å²) in [4.78, 5) is 35.4. The molecule has 1 amide bonds. The molecule has 0 spiro atoms. The minimum absolute atomic E-state index is 0.112. The maximum Gasteiger partial charge on any atom is 0.265 e. The van der Waals surface area contributed by atoms with Crippen LogP contribution in [0.3, 0.4) is 0 Å². The fourth-order valence-electron chi connectivity index (χ4n) is 4.47. The number of rotatable bonds is 4. The molecule has 0 N–H and O–H groups in total. The number of hydrogen-bond acceptors (Lipinski definition) is 6. The number of benzene rings is 1. The molecular weight excluding hydrogens is 424 g/mol. The van der Waals surface area contributed by atoms with Crippen LogP contribution in [0.15, 0.2) is 34.3 Å². The molecule has 0 saturated carbocycles. The molecule has 5 rings (SSSR count). The Morgan fingerprint density at radius 3 is 2.66 bits per heavy atom. The van der Waals surface area contributed by atoms with Gasteiger partial charge in [0.15, 0.2) is 10.8 Å². The second-order valence-electron chi connectivity index (χ2n) is 8.62. The Morgan fingerprint density at radius 2 is 1.94 bits per heavy atom. The smallest absolute Gasteiger partial charge is 0.265 e. The summed E-state index contributed by atoms with van der Waals surface area (Å²) < 4.78 is 3.44. The third-order valence-corrected chi connectivity index (χ3v) is 7.79. The molecule has 168 valence electrons. The lowest BCUT2D eigenvalue weighted by atomic mass is 10.1. The highest BCUT2D eigenvalue weighted by atomic mass is 32.2. The molecule has 0 bridgehead atoms. The second-order valence-corrected chi connectivity index (χ2v) is 9.60. The largest absolute Gasteiger partial charge is 0.340 e. The molecule has 32 heavy (non-hydrogen) atoms. The second kappa shape index (κ2) is 8.37. The molecule has 4 heterocycles. The van der Waals surface area contributed by atoms with E-state index in [0.29, 0.717) is 28.4 Å². The van der Waals surface area contributed by atoms with Gasteiger partial charge in [-0.05, 0) is 43.7 Å². The van der Waals surface area contributed by atoms with E-state index >= 15 is 0 Å². The maximum atomic E-state index is 13.4. The summed E-state index contributed by atoms with van der Waals surface area (Å²) in [5.74, 6) is 0.809. The van der Waals surface area contributed by atoms with Crippen molar-refractivity contribution in [1.82, 2.24) is 29.1 Å². The van der Waals surface area contributed by atoms with Crippen LogP contribution in [0.5, 0.6) is 0 Å². The Kier molecular flexibility index (Phi) is 5.54. The average Bonchev–Trinajstić information content (AvgIpc) is 3.41. The van der Waals surface area contributed by atoms with E-state index in [1.54, 1.807) is 27.2 Å². The van der Waals surface area contributed by atoms with Gasteiger partial charge in [-0.1, -0.05) is 24.8 Å². The monoisotopic (exact) mass is 452 g/mol. The minimum atomic E-state index is -0.166. The van der Waals surface area contributed by atoms with Crippen LogP contribution in [0.25, 0.3) is 16.7 Å². The summed E-state index contributed by atoms with van der Waals surface area (Å²) in [6.07, 6.45) is 1.93. The molecule has 9 heteroatoms. The lowest BCUT2D eigenvalue weighted by Crippen LogP contribution is -2.49. The van der Waals surface area contributed by atoms with Gasteiger partial charge in [0.25, 0.3) is 5.56 Å². The van der Waals surface area contributed by atoms with Gasteiger partial charge in [-0.25, -0.2) is 9.67 Å². The van der Waals surface area contributed by atoms with E-state index in [4.69, 9.17) is 4.98 Å². The number of carbonyl (C=O) groups is 1. The van der Waals surface area contributed by atoms with E-state index in [9.17, 15) is 9.59 Å². The Labute approximate surface area is 191 Å². The molecule has 2 aliphatic heterocycles. The summed E-state index contributed by atoms with van der Waals surface area (Å²) in [5, 5.41) is 5.62. The zero-order chi connectivity index (χ0) is 22.4. The third kappa shape index (κ3) is 3.63.